The van der Waals surface area contributed by atoms with Crippen molar-refractivity contribution >= 4 is 5.91 Å². The fourth-order valence-electron chi connectivity index (χ4n) is 1.21. The molecule has 2 nitrogen and oxygen atoms in total. The first kappa shape index (κ1) is 13.5. The Kier molecular flexibility index (Phi) is 3.75. The molecule has 6 heteroatoms. The van der Waals surface area contributed by atoms with Gasteiger partial charge < -0.3 is 4.90 Å². The van der Waals surface area contributed by atoms with E-state index < -0.39 is 29.0 Å². The van der Waals surface area contributed by atoms with Crippen LogP contribution in [0.5, 0.6) is 0 Å². The summed E-state index contributed by atoms with van der Waals surface area (Å²) in [7, 11) is 1.39. The number of amides is 1. The fourth-order valence-corrected chi connectivity index (χ4v) is 1.21. The van der Waals surface area contributed by atoms with Crippen molar-refractivity contribution in [3.8, 4) is 0 Å². The highest BCUT2D eigenvalue weighted by Gasteiger charge is 2.32. The lowest BCUT2D eigenvalue weighted by Gasteiger charge is -2.16. The summed E-state index contributed by atoms with van der Waals surface area (Å²) in [6.07, 6.45) is -4.59. The highest BCUT2D eigenvalue weighted by Crippen LogP contribution is 2.30. The van der Waals surface area contributed by atoms with Crippen molar-refractivity contribution in [3.63, 3.8) is 0 Å². The molecule has 0 bridgehead atoms. The van der Waals surface area contributed by atoms with E-state index in [1.54, 1.807) is 6.92 Å². The van der Waals surface area contributed by atoms with Crippen LogP contribution in [0.2, 0.25) is 0 Å². The summed E-state index contributed by atoms with van der Waals surface area (Å²) in [5.74, 6) is -1.72. The Labute approximate surface area is 95.8 Å². The molecule has 0 aliphatic rings. The zero-order valence-electron chi connectivity index (χ0n) is 9.31. The van der Waals surface area contributed by atoms with Crippen molar-refractivity contribution < 1.29 is 22.4 Å². The third-order valence-corrected chi connectivity index (χ3v) is 2.35. The fraction of sp³-hybridized carbons (Fsp3) is 0.364. The Balaban J connectivity index is 3.20. The molecule has 0 saturated heterocycles. The standard InChI is InChI=1S/C11H11F4NO/c1-3-16(2)10(17)8-6-7(11(13,14)15)4-5-9(8)12/h4-6H,3H2,1-2H3. The summed E-state index contributed by atoms with van der Waals surface area (Å²) in [5.41, 5.74) is -1.60. The minimum Gasteiger partial charge on any atom is -0.342 e. The smallest absolute Gasteiger partial charge is 0.342 e. The number of alkyl halides is 3. The molecule has 0 spiro atoms. The topological polar surface area (TPSA) is 20.3 Å². The Morgan fingerprint density at radius 1 is 1.35 bits per heavy atom. The summed E-state index contributed by atoms with van der Waals surface area (Å²) in [6, 6.07) is 1.79. The highest BCUT2D eigenvalue weighted by atomic mass is 19.4. The normalized spacial score (nSPS) is 11.4. The van der Waals surface area contributed by atoms with Crippen LogP contribution in [0.3, 0.4) is 0 Å². The maximum absolute atomic E-state index is 13.3. The minimum absolute atomic E-state index is 0.286. The molecule has 0 fully saturated rings. The molecular formula is C11H11F4NO. The molecular weight excluding hydrogens is 238 g/mol. The van der Waals surface area contributed by atoms with Crippen LogP contribution in [0.25, 0.3) is 0 Å². The lowest BCUT2D eigenvalue weighted by atomic mass is 10.1. The summed E-state index contributed by atoms with van der Waals surface area (Å²) in [4.78, 5) is 12.7. The SMILES string of the molecule is CCN(C)C(=O)c1cc(C(F)(F)F)ccc1F. The Hall–Kier alpha value is -1.59. The summed E-state index contributed by atoms with van der Waals surface area (Å²) < 4.78 is 50.5. The molecule has 1 amide bonds. The summed E-state index contributed by atoms with van der Waals surface area (Å²) in [6.45, 7) is 1.93. The molecule has 0 unspecified atom stereocenters. The first-order chi connectivity index (χ1) is 7.77. The van der Waals surface area contributed by atoms with Crippen LogP contribution >= 0.6 is 0 Å². The lowest BCUT2D eigenvalue weighted by molar-refractivity contribution is -0.137. The Bertz CT molecular complexity index is 428. The molecule has 0 radical (unpaired) electrons. The maximum Gasteiger partial charge on any atom is 0.416 e. The Morgan fingerprint density at radius 3 is 2.41 bits per heavy atom. The van der Waals surface area contributed by atoms with E-state index in [1.165, 1.54) is 7.05 Å². The van der Waals surface area contributed by atoms with Gasteiger partial charge in [0.2, 0.25) is 0 Å². The van der Waals surface area contributed by atoms with Crippen molar-refractivity contribution in [1.29, 1.82) is 0 Å². The van der Waals surface area contributed by atoms with E-state index in [4.69, 9.17) is 0 Å². The van der Waals surface area contributed by atoms with Crippen molar-refractivity contribution in [1.82, 2.24) is 4.90 Å². The number of hydrogen-bond acceptors (Lipinski definition) is 1. The number of hydrogen-bond donors (Lipinski definition) is 0. The van der Waals surface area contributed by atoms with Gasteiger partial charge in [-0.3, -0.25) is 4.79 Å². The van der Waals surface area contributed by atoms with E-state index in [2.05, 4.69) is 0 Å². The van der Waals surface area contributed by atoms with Gasteiger partial charge in [0.15, 0.2) is 0 Å². The third kappa shape index (κ3) is 2.95. The number of carbonyl (C=O) groups is 1. The van der Waals surface area contributed by atoms with Crippen molar-refractivity contribution in [2.45, 2.75) is 13.1 Å². The molecule has 17 heavy (non-hydrogen) atoms. The number of benzene rings is 1. The molecule has 0 aliphatic heterocycles. The van der Waals surface area contributed by atoms with E-state index in [0.717, 1.165) is 4.90 Å². The van der Waals surface area contributed by atoms with Crippen molar-refractivity contribution in [3.05, 3.63) is 35.1 Å². The Morgan fingerprint density at radius 2 is 1.94 bits per heavy atom. The third-order valence-electron chi connectivity index (χ3n) is 2.35. The number of halogens is 4. The van der Waals surface area contributed by atoms with E-state index in [0.29, 0.717) is 18.2 Å². The summed E-state index contributed by atoms with van der Waals surface area (Å²) >= 11 is 0. The molecule has 94 valence electrons. The van der Waals surface area contributed by atoms with Gasteiger partial charge in [-0.2, -0.15) is 13.2 Å². The van der Waals surface area contributed by atoms with Crippen molar-refractivity contribution in [2.75, 3.05) is 13.6 Å². The van der Waals surface area contributed by atoms with E-state index >= 15 is 0 Å². The van der Waals surface area contributed by atoms with Crippen LogP contribution in [0.1, 0.15) is 22.8 Å². The van der Waals surface area contributed by atoms with Crippen LogP contribution in [-0.4, -0.2) is 24.4 Å². The minimum atomic E-state index is -4.59. The predicted molar refractivity (Wildman–Crippen MR) is 54.0 cm³/mol. The molecule has 0 heterocycles. The molecule has 1 rings (SSSR count). The largest absolute Gasteiger partial charge is 0.416 e. The average Bonchev–Trinajstić information content (AvgIpc) is 2.26. The van der Waals surface area contributed by atoms with E-state index in [9.17, 15) is 22.4 Å². The monoisotopic (exact) mass is 249 g/mol. The predicted octanol–water partition coefficient (Wildman–Crippen LogP) is 2.94. The van der Waals surface area contributed by atoms with Gasteiger partial charge in [0.1, 0.15) is 5.82 Å². The number of nitrogens with zero attached hydrogens (tertiary/aromatic N) is 1. The molecule has 0 N–H and O–H groups in total. The highest BCUT2D eigenvalue weighted by molar-refractivity contribution is 5.94. The second kappa shape index (κ2) is 4.73. The van der Waals surface area contributed by atoms with Crippen LogP contribution in [0.15, 0.2) is 18.2 Å². The molecule has 0 atom stereocenters. The number of carbonyl (C=O) groups excluding carboxylic acids is 1. The molecule has 0 saturated carbocycles. The number of rotatable bonds is 2. The molecule has 1 aromatic rings. The van der Waals surface area contributed by atoms with E-state index in [1.807, 2.05) is 0 Å². The molecule has 0 aromatic heterocycles. The maximum atomic E-state index is 13.3. The van der Waals surface area contributed by atoms with Gasteiger partial charge >= 0.3 is 6.18 Å². The van der Waals surface area contributed by atoms with Gasteiger partial charge in [-0.05, 0) is 25.1 Å². The second-order valence-electron chi connectivity index (χ2n) is 3.51. The zero-order chi connectivity index (χ0) is 13.2. The lowest BCUT2D eigenvalue weighted by Crippen LogP contribution is -2.27. The van der Waals surface area contributed by atoms with Crippen LogP contribution in [0, 0.1) is 5.82 Å². The first-order valence-electron chi connectivity index (χ1n) is 4.89. The van der Waals surface area contributed by atoms with Gasteiger partial charge in [-0.15, -0.1) is 0 Å². The van der Waals surface area contributed by atoms with Gasteiger partial charge in [0.25, 0.3) is 5.91 Å². The van der Waals surface area contributed by atoms with Gasteiger partial charge in [0.05, 0.1) is 11.1 Å². The second-order valence-corrected chi connectivity index (χ2v) is 3.51. The zero-order valence-corrected chi connectivity index (χ0v) is 9.31. The molecule has 0 aliphatic carbocycles. The summed E-state index contributed by atoms with van der Waals surface area (Å²) in [5, 5.41) is 0. The average molecular weight is 249 g/mol. The van der Waals surface area contributed by atoms with Crippen LogP contribution in [0.4, 0.5) is 17.6 Å². The van der Waals surface area contributed by atoms with Gasteiger partial charge in [0, 0.05) is 13.6 Å². The van der Waals surface area contributed by atoms with Crippen LogP contribution in [-0.2, 0) is 6.18 Å². The van der Waals surface area contributed by atoms with E-state index in [-0.39, 0.29) is 6.54 Å². The first-order valence-corrected chi connectivity index (χ1v) is 4.89. The quantitative estimate of drug-likeness (QED) is 0.738. The molecule has 1 aromatic carbocycles. The van der Waals surface area contributed by atoms with Crippen molar-refractivity contribution in [2.24, 2.45) is 0 Å². The van der Waals surface area contributed by atoms with Crippen LogP contribution < -0.4 is 0 Å². The van der Waals surface area contributed by atoms with Gasteiger partial charge in [-0.25, -0.2) is 4.39 Å². The van der Waals surface area contributed by atoms with Gasteiger partial charge in [-0.1, -0.05) is 0 Å².